The van der Waals surface area contributed by atoms with E-state index in [1.165, 1.54) is 12.8 Å². The molecule has 0 fully saturated rings. The zero-order valence-corrected chi connectivity index (χ0v) is 38.8. The number of unbranched alkanes of at least 4 members (excludes halogenated alkanes) is 7. The Morgan fingerprint density at radius 1 is 0.435 bits per heavy atom. The number of phosphoric acid groups is 2. The lowest BCUT2D eigenvalue weighted by Crippen LogP contribution is -2.25. The van der Waals surface area contributed by atoms with E-state index in [1.807, 2.05) is 18.2 Å². The highest BCUT2D eigenvalue weighted by molar-refractivity contribution is 7.47. The van der Waals surface area contributed by atoms with Gasteiger partial charge >= 0.3 is 27.6 Å². The highest BCUT2D eigenvalue weighted by Gasteiger charge is 2.28. The molecule has 0 aromatic carbocycles. The van der Waals surface area contributed by atoms with E-state index in [4.69, 9.17) is 9.47 Å². The molecule has 0 bridgehead atoms. The molecule has 0 aromatic rings. The van der Waals surface area contributed by atoms with Crippen molar-refractivity contribution in [1.82, 2.24) is 0 Å². The van der Waals surface area contributed by atoms with E-state index in [2.05, 4.69) is 98.8 Å². The number of hydrogen-bond acceptors (Lipinski definition) is 13. The summed E-state index contributed by atoms with van der Waals surface area (Å²) in [5.41, 5.74) is 0. The van der Waals surface area contributed by atoms with E-state index in [1.54, 1.807) is 0 Å². The molecular formula is C45H76O15P2. The van der Waals surface area contributed by atoms with Crippen LogP contribution in [-0.4, -0.2) is 95.0 Å². The van der Waals surface area contributed by atoms with Crippen LogP contribution in [-0.2, 0) is 46.3 Å². The number of esters is 2. The van der Waals surface area contributed by atoms with Crippen LogP contribution in [0.25, 0.3) is 0 Å². The Morgan fingerprint density at radius 3 is 1.21 bits per heavy atom. The van der Waals surface area contributed by atoms with Crippen LogP contribution >= 0.6 is 15.6 Å². The standard InChI is InChI=1S/C45H76O15P2/c1-3-5-7-9-11-13-15-16-17-18-19-20-21-22-24-26-28-30-32-34-45(50)56-36-42(47)38-58-62(53,54)60-40-43(48)39-59-61(51,52)57-37-41(46)35-55-44(49)33-31-29-27-25-23-14-12-10-8-6-4-2/h5,7,10-13,16-17,19-20,22,24,28,30,41-43,46-48H,3-4,6,8-9,14-15,18,21,23,25-27,29,31-40H2,1-2H3,(H,51,52)(H,53,54)/b7-5-,12-10-,13-11-,17-16-,20-19-,24-22-,30-28-. The summed E-state index contributed by atoms with van der Waals surface area (Å²) in [4.78, 5) is 43.6. The molecule has 0 heterocycles. The first-order valence-corrected chi connectivity index (χ1v) is 24.9. The van der Waals surface area contributed by atoms with Gasteiger partial charge in [0.15, 0.2) is 0 Å². The summed E-state index contributed by atoms with van der Waals surface area (Å²) >= 11 is 0. The van der Waals surface area contributed by atoms with Crippen molar-refractivity contribution in [3.63, 3.8) is 0 Å². The zero-order valence-electron chi connectivity index (χ0n) is 37.0. The van der Waals surface area contributed by atoms with E-state index < -0.39 is 85.5 Å². The minimum atomic E-state index is -4.80. The van der Waals surface area contributed by atoms with Gasteiger partial charge in [0, 0.05) is 12.8 Å². The largest absolute Gasteiger partial charge is 0.472 e. The topological polar surface area (TPSA) is 225 Å². The van der Waals surface area contributed by atoms with Crippen molar-refractivity contribution < 1.29 is 71.4 Å². The summed E-state index contributed by atoms with van der Waals surface area (Å²) < 4.78 is 52.7. The van der Waals surface area contributed by atoms with Gasteiger partial charge in [-0.25, -0.2) is 9.13 Å². The summed E-state index contributed by atoms with van der Waals surface area (Å²) in [6.45, 7) is 0.122. The first-order chi connectivity index (χ1) is 29.8. The lowest BCUT2D eigenvalue weighted by atomic mass is 10.1. The molecule has 0 aromatic heterocycles. The number of carbonyl (C=O) groups excluding carboxylic acids is 2. The molecule has 5 N–H and O–H groups in total. The molecule has 62 heavy (non-hydrogen) atoms. The maximum atomic E-state index is 12.1. The first kappa shape index (κ1) is 59.2. The average molecular weight is 919 g/mol. The number of allylic oxidation sites excluding steroid dienone is 14. The van der Waals surface area contributed by atoms with Crippen molar-refractivity contribution in [1.29, 1.82) is 0 Å². The lowest BCUT2D eigenvalue weighted by Gasteiger charge is -2.19. The molecule has 0 saturated heterocycles. The Labute approximate surface area is 370 Å². The molecule has 17 heteroatoms. The van der Waals surface area contributed by atoms with E-state index in [-0.39, 0.29) is 12.8 Å². The molecule has 0 saturated carbocycles. The predicted molar refractivity (Wildman–Crippen MR) is 242 cm³/mol. The summed E-state index contributed by atoms with van der Waals surface area (Å²) in [5.74, 6) is -1.09. The Bertz CT molecular complexity index is 1440. The number of ether oxygens (including phenoxy) is 2. The number of rotatable bonds is 41. The van der Waals surface area contributed by atoms with Gasteiger partial charge in [0.05, 0.1) is 26.4 Å². The number of phosphoric ester groups is 2. The quantitative estimate of drug-likeness (QED) is 0.0167. The molecule has 5 atom stereocenters. The molecular weight excluding hydrogens is 842 g/mol. The molecule has 0 rings (SSSR count). The van der Waals surface area contributed by atoms with Crippen molar-refractivity contribution in [3.05, 3.63) is 85.1 Å². The van der Waals surface area contributed by atoms with Crippen LogP contribution in [0.5, 0.6) is 0 Å². The highest BCUT2D eigenvalue weighted by atomic mass is 31.2. The predicted octanol–water partition coefficient (Wildman–Crippen LogP) is 9.38. The third-order valence-corrected chi connectivity index (χ3v) is 10.2. The fourth-order valence-corrected chi connectivity index (χ4v) is 6.51. The molecule has 0 aliphatic carbocycles. The molecule has 5 unspecified atom stereocenters. The second-order valence-corrected chi connectivity index (χ2v) is 17.2. The van der Waals surface area contributed by atoms with Gasteiger partial charge in [-0.1, -0.05) is 131 Å². The van der Waals surface area contributed by atoms with E-state index in [0.717, 1.165) is 70.6 Å². The van der Waals surface area contributed by atoms with Gasteiger partial charge in [-0.15, -0.1) is 0 Å². The van der Waals surface area contributed by atoms with E-state index in [0.29, 0.717) is 19.3 Å². The number of aliphatic hydroxyl groups excluding tert-OH is 3. The Balaban J connectivity index is 4.02. The lowest BCUT2D eigenvalue weighted by molar-refractivity contribution is -0.148. The Morgan fingerprint density at radius 2 is 0.774 bits per heavy atom. The third kappa shape index (κ3) is 42.5. The van der Waals surface area contributed by atoms with Crippen LogP contribution in [0.2, 0.25) is 0 Å². The van der Waals surface area contributed by atoms with Crippen molar-refractivity contribution in [3.8, 4) is 0 Å². The van der Waals surface area contributed by atoms with Crippen LogP contribution in [0.15, 0.2) is 85.1 Å². The van der Waals surface area contributed by atoms with Crippen molar-refractivity contribution in [2.75, 3.05) is 39.6 Å². The minimum absolute atomic E-state index is 0.0669. The van der Waals surface area contributed by atoms with Crippen LogP contribution in [0, 0.1) is 0 Å². The maximum absolute atomic E-state index is 12.1. The minimum Gasteiger partial charge on any atom is -0.463 e. The number of carbonyl (C=O) groups is 2. The summed E-state index contributed by atoms with van der Waals surface area (Å²) in [6.07, 6.45) is 40.3. The summed E-state index contributed by atoms with van der Waals surface area (Å²) in [7, 11) is -9.59. The van der Waals surface area contributed by atoms with Gasteiger partial charge in [0.1, 0.15) is 31.5 Å². The van der Waals surface area contributed by atoms with Gasteiger partial charge in [-0.05, 0) is 70.6 Å². The monoisotopic (exact) mass is 918 g/mol. The second kappa shape index (κ2) is 41.0. The smallest absolute Gasteiger partial charge is 0.463 e. The van der Waals surface area contributed by atoms with Crippen molar-refractivity contribution in [2.24, 2.45) is 0 Å². The summed E-state index contributed by atoms with van der Waals surface area (Å²) in [6, 6.07) is 0. The molecule has 0 aliphatic rings. The van der Waals surface area contributed by atoms with Crippen molar-refractivity contribution >= 4 is 27.6 Å². The normalized spacial score (nSPS) is 16.0. The van der Waals surface area contributed by atoms with Crippen LogP contribution < -0.4 is 0 Å². The average Bonchev–Trinajstić information content (AvgIpc) is 3.24. The second-order valence-electron chi connectivity index (χ2n) is 14.3. The molecule has 0 spiro atoms. The van der Waals surface area contributed by atoms with Gasteiger partial charge in [-0.3, -0.25) is 27.7 Å². The molecule has 15 nitrogen and oxygen atoms in total. The molecule has 0 amide bonds. The number of hydrogen-bond donors (Lipinski definition) is 5. The van der Waals surface area contributed by atoms with Crippen LogP contribution in [0.3, 0.4) is 0 Å². The molecule has 356 valence electrons. The zero-order chi connectivity index (χ0) is 46.0. The number of aliphatic hydroxyl groups is 3. The van der Waals surface area contributed by atoms with E-state index in [9.17, 15) is 43.8 Å². The maximum Gasteiger partial charge on any atom is 0.472 e. The van der Waals surface area contributed by atoms with E-state index >= 15 is 0 Å². The van der Waals surface area contributed by atoms with Gasteiger partial charge in [-0.2, -0.15) is 0 Å². The molecule has 0 radical (unpaired) electrons. The fourth-order valence-electron chi connectivity index (χ4n) is 4.92. The van der Waals surface area contributed by atoms with Gasteiger partial charge in [0.25, 0.3) is 0 Å². The highest BCUT2D eigenvalue weighted by Crippen LogP contribution is 2.45. The first-order valence-electron chi connectivity index (χ1n) is 21.9. The van der Waals surface area contributed by atoms with Crippen molar-refractivity contribution in [2.45, 2.75) is 148 Å². The summed E-state index contributed by atoms with van der Waals surface area (Å²) in [5, 5.41) is 29.9. The Kier molecular flexibility index (Phi) is 39.1. The van der Waals surface area contributed by atoms with Crippen LogP contribution in [0.1, 0.15) is 129 Å². The fraction of sp³-hybridized carbons (Fsp3) is 0.644. The van der Waals surface area contributed by atoms with Gasteiger partial charge < -0.3 is 34.6 Å². The van der Waals surface area contributed by atoms with Gasteiger partial charge in [0.2, 0.25) is 0 Å². The Hall–Kier alpha value is -2.78. The third-order valence-electron chi connectivity index (χ3n) is 8.35. The molecule has 0 aliphatic heterocycles. The van der Waals surface area contributed by atoms with Crippen LogP contribution in [0.4, 0.5) is 0 Å². The SMILES string of the molecule is CC/C=C\C/C=C\C/C=C\C/C=C\C/C=C\C/C=C\CCC(=O)OCC(O)COP(=O)(O)OCC(O)COP(=O)(O)OCC(O)COC(=O)CCCCCCC/C=C\CCCC.